The van der Waals surface area contributed by atoms with E-state index >= 15 is 0 Å². The minimum absolute atomic E-state index is 0.171. The summed E-state index contributed by atoms with van der Waals surface area (Å²) >= 11 is 0. The fourth-order valence-electron chi connectivity index (χ4n) is 2.35. The number of nitrogens with one attached hydrogen (secondary N) is 2. The van der Waals surface area contributed by atoms with Gasteiger partial charge in [0.15, 0.2) is 0 Å². The Morgan fingerprint density at radius 3 is 2.76 bits per heavy atom. The van der Waals surface area contributed by atoms with Crippen molar-refractivity contribution in [2.75, 3.05) is 25.5 Å². The lowest BCUT2D eigenvalue weighted by Crippen LogP contribution is -2.26. The number of anilines is 1. The van der Waals surface area contributed by atoms with Crippen LogP contribution in [0.1, 0.15) is 36.3 Å². The van der Waals surface area contributed by atoms with E-state index in [1.54, 1.807) is 19.4 Å². The first-order valence-corrected chi connectivity index (χ1v) is 8.57. The zero-order chi connectivity index (χ0) is 18.1. The molecule has 0 unspecified atom stereocenters. The monoisotopic (exact) mass is 342 g/mol. The van der Waals surface area contributed by atoms with Crippen LogP contribution < -0.4 is 15.4 Å². The molecule has 6 nitrogen and oxygen atoms in total. The van der Waals surface area contributed by atoms with Crippen LogP contribution in [0.4, 0.5) is 5.95 Å². The van der Waals surface area contributed by atoms with Crippen LogP contribution in [0.2, 0.25) is 0 Å². The van der Waals surface area contributed by atoms with Gasteiger partial charge in [-0.3, -0.25) is 4.79 Å². The van der Waals surface area contributed by atoms with E-state index in [1.165, 1.54) is 0 Å². The zero-order valence-electron chi connectivity index (χ0n) is 15.1. The third kappa shape index (κ3) is 6.06. The van der Waals surface area contributed by atoms with Crippen LogP contribution in [0.25, 0.3) is 0 Å². The van der Waals surface area contributed by atoms with Crippen molar-refractivity contribution >= 4 is 11.9 Å². The van der Waals surface area contributed by atoms with Gasteiger partial charge in [-0.2, -0.15) is 0 Å². The predicted octanol–water partition coefficient (Wildman–Crippen LogP) is 2.92. The Kier molecular flexibility index (Phi) is 7.19. The van der Waals surface area contributed by atoms with Crippen molar-refractivity contribution in [2.45, 2.75) is 26.7 Å². The molecule has 2 N–H and O–H groups in total. The minimum atomic E-state index is -0.171. The number of nitrogens with zero attached hydrogens (tertiary/aromatic N) is 2. The molecule has 134 valence electrons. The van der Waals surface area contributed by atoms with Crippen LogP contribution >= 0.6 is 0 Å². The SMILES string of the molecule is COc1ccccc1CCNc1nccc(C(=O)NCCC(C)C)n1. The molecule has 1 amide bonds. The van der Waals surface area contributed by atoms with Crippen molar-refractivity contribution < 1.29 is 9.53 Å². The Hall–Kier alpha value is -2.63. The van der Waals surface area contributed by atoms with Crippen LogP contribution in [0.5, 0.6) is 5.75 Å². The fourth-order valence-corrected chi connectivity index (χ4v) is 2.35. The maximum absolute atomic E-state index is 12.1. The average molecular weight is 342 g/mol. The molecule has 1 heterocycles. The molecule has 0 saturated heterocycles. The Morgan fingerprint density at radius 1 is 1.20 bits per heavy atom. The number of carbonyl (C=O) groups is 1. The van der Waals surface area contributed by atoms with Gasteiger partial charge in [-0.1, -0.05) is 32.0 Å². The molecule has 2 aromatic rings. The number of carbonyl (C=O) groups excluding carboxylic acids is 1. The van der Waals surface area contributed by atoms with Crippen molar-refractivity contribution in [1.29, 1.82) is 0 Å². The molecule has 1 aromatic heterocycles. The minimum Gasteiger partial charge on any atom is -0.496 e. The fraction of sp³-hybridized carbons (Fsp3) is 0.421. The molecule has 6 heteroatoms. The van der Waals surface area contributed by atoms with E-state index < -0.39 is 0 Å². The molecule has 0 spiro atoms. The zero-order valence-corrected chi connectivity index (χ0v) is 15.1. The average Bonchev–Trinajstić information content (AvgIpc) is 2.62. The largest absolute Gasteiger partial charge is 0.496 e. The van der Waals surface area contributed by atoms with E-state index in [0.29, 0.717) is 30.6 Å². The Morgan fingerprint density at radius 2 is 2.00 bits per heavy atom. The van der Waals surface area contributed by atoms with Crippen LogP contribution in [0.3, 0.4) is 0 Å². The summed E-state index contributed by atoms with van der Waals surface area (Å²) in [5, 5.41) is 6.04. The summed E-state index contributed by atoms with van der Waals surface area (Å²) in [4.78, 5) is 20.6. The van der Waals surface area contributed by atoms with E-state index in [0.717, 1.165) is 24.2 Å². The summed E-state index contributed by atoms with van der Waals surface area (Å²) in [6.45, 7) is 5.55. The van der Waals surface area contributed by atoms with E-state index in [1.807, 2.05) is 24.3 Å². The molecule has 0 radical (unpaired) electrons. The number of hydrogen-bond acceptors (Lipinski definition) is 5. The summed E-state index contributed by atoms with van der Waals surface area (Å²) in [5.41, 5.74) is 1.48. The number of benzene rings is 1. The third-order valence-corrected chi connectivity index (χ3v) is 3.77. The second-order valence-corrected chi connectivity index (χ2v) is 6.19. The van der Waals surface area contributed by atoms with Gasteiger partial charge in [0.25, 0.3) is 5.91 Å². The van der Waals surface area contributed by atoms with E-state index in [2.05, 4.69) is 34.4 Å². The molecule has 2 rings (SSSR count). The first kappa shape index (κ1) is 18.7. The number of amides is 1. The highest BCUT2D eigenvalue weighted by molar-refractivity contribution is 5.92. The van der Waals surface area contributed by atoms with Gasteiger partial charge in [0.05, 0.1) is 7.11 Å². The second-order valence-electron chi connectivity index (χ2n) is 6.19. The Labute approximate surface area is 149 Å². The standard InChI is InChI=1S/C19H26N4O2/c1-14(2)8-11-20-18(24)16-10-13-22-19(23-16)21-12-9-15-6-4-5-7-17(15)25-3/h4-7,10,13-14H,8-9,11-12H2,1-3H3,(H,20,24)(H,21,22,23). The molecule has 25 heavy (non-hydrogen) atoms. The number of ether oxygens (including phenoxy) is 1. The molecule has 0 aliphatic rings. The third-order valence-electron chi connectivity index (χ3n) is 3.77. The lowest BCUT2D eigenvalue weighted by molar-refractivity contribution is 0.0947. The number of para-hydroxylation sites is 1. The normalized spacial score (nSPS) is 10.6. The molecular formula is C19H26N4O2. The topological polar surface area (TPSA) is 76.1 Å². The van der Waals surface area contributed by atoms with Gasteiger partial charge in [0.1, 0.15) is 11.4 Å². The van der Waals surface area contributed by atoms with Crippen molar-refractivity contribution in [3.8, 4) is 5.75 Å². The molecule has 0 aliphatic heterocycles. The highest BCUT2D eigenvalue weighted by Crippen LogP contribution is 2.17. The quantitative estimate of drug-likeness (QED) is 0.733. The van der Waals surface area contributed by atoms with Crippen LogP contribution in [0, 0.1) is 5.92 Å². The van der Waals surface area contributed by atoms with Gasteiger partial charge in [-0.05, 0) is 36.5 Å². The highest BCUT2D eigenvalue weighted by atomic mass is 16.5. The lowest BCUT2D eigenvalue weighted by Gasteiger charge is -2.10. The predicted molar refractivity (Wildman–Crippen MR) is 99.0 cm³/mol. The van der Waals surface area contributed by atoms with Crippen molar-refractivity contribution in [3.63, 3.8) is 0 Å². The maximum Gasteiger partial charge on any atom is 0.270 e. The summed E-state index contributed by atoms with van der Waals surface area (Å²) in [5.74, 6) is 1.70. The number of aromatic nitrogens is 2. The van der Waals surface area contributed by atoms with Gasteiger partial charge in [0, 0.05) is 19.3 Å². The number of hydrogen-bond donors (Lipinski definition) is 2. The summed E-state index contributed by atoms with van der Waals surface area (Å²) in [6, 6.07) is 9.51. The Balaban J connectivity index is 1.87. The first-order chi connectivity index (χ1) is 12.1. The van der Waals surface area contributed by atoms with Crippen molar-refractivity contribution in [2.24, 2.45) is 5.92 Å². The van der Waals surface area contributed by atoms with Gasteiger partial charge < -0.3 is 15.4 Å². The second kappa shape index (κ2) is 9.61. The smallest absolute Gasteiger partial charge is 0.270 e. The van der Waals surface area contributed by atoms with Crippen LogP contribution in [-0.2, 0) is 6.42 Å². The lowest BCUT2D eigenvalue weighted by atomic mass is 10.1. The van der Waals surface area contributed by atoms with Crippen LogP contribution in [0.15, 0.2) is 36.5 Å². The van der Waals surface area contributed by atoms with Gasteiger partial charge in [0.2, 0.25) is 5.95 Å². The van der Waals surface area contributed by atoms with Gasteiger partial charge in [-0.15, -0.1) is 0 Å². The van der Waals surface area contributed by atoms with Crippen molar-refractivity contribution in [1.82, 2.24) is 15.3 Å². The summed E-state index contributed by atoms with van der Waals surface area (Å²) in [7, 11) is 1.66. The molecule has 0 atom stereocenters. The van der Waals surface area contributed by atoms with Crippen molar-refractivity contribution in [3.05, 3.63) is 47.8 Å². The summed E-state index contributed by atoms with van der Waals surface area (Å²) in [6.07, 6.45) is 3.31. The van der Waals surface area contributed by atoms with E-state index in [-0.39, 0.29) is 5.91 Å². The van der Waals surface area contributed by atoms with Gasteiger partial charge >= 0.3 is 0 Å². The molecular weight excluding hydrogens is 316 g/mol. The van der Waals surface area contributed by atoms with E-state index in [9.17, 15) is 4.79 Å². The molecule has 0 fully saturated rings. The Bertz CT molecular complexity index is 689. The summed E-state index contributed by atoms with van der Waals surface area (Å²) < 4.78 is 5.34. The first-order valence-electron chi connectivity index (χ1n) is 8.57. The molecule has 1 aromatic carbocycles. The van der Waals surface area contributed by atoms with Gasteiger partial charge in [-0.25, -0.2) is 9.97 Å². The number of methoxy groups -OCH3 is 1. The highest BCUT2D eigenvalue weighted by Gasteiger charge is 2.09. The molecule has 0 saturated carbocycles. The van der Waals surface area contributed by atoms with E-state index in [4.69, 9.17) is 4.74 Å². The number of rotatable bonds is 9. The van der Waals surface area contributed by atoms with Crippen LogP contribution in [-0.4, -0.2) is 36.1 Å². The maximum atomic E-state index is 12.1. The molecule has 0 bridgehead atoms. The molecule has 0 aliphatic carbocycles.